The van der Waals surface area contributed by atoms with E-state index >= 15 is 0 Å². The molecule has 0 radical (unpaired) electrons. The van der Waals surface area contributed by atoms with Gasteiger partial charge in [-0.15, -0.1) is 0 Å². The molecule has 0 aliphatic carbocycles. The molecule has 0 atom stereocenters. The van der Waals surface area contributed by atoms with Crippen molar-refractivity contribution in [3.05, 3.63) is 48.5 Å². The van der Waals surface area contributed by atoms with Gasteiger partial charge in [0, 0.05) is 38.9 Å². The molecule has 128 valence electrons. The van der Waals surface area contributed by atoms with E-state index < -0.39 is 16.0 Å². The SMILES string of the molecule is COC1CCN(Cc2cc([N+](=O)[O-])cc3[nH]c(=O)c(=O)[nH]c23)CC1. The van der Waals surface area contributed by atoms with Crippen LogP contribution < -0.4 is 11.1 Å². The number of ether oxygens (including phenoxy) is 1. The monoisotopic (exact) mass is 334 g/mol. The van der Waals surface area contributed by atoms with Crippen LogP contribution in [0.3, 0.4) is 0 Å². The number of nitro benzene ring substituents is 1. The molecule has 1 aromatic carbocycles. The van der Waals surface area contributed by atoms with Crippen LogP contribution in [0.2, 0.25) is 0 Å². The van der Waals surface area contributed by atoms with Crippen molar-refractivity contribution in [1.82, 2.24) is 14.9 Å². The molecule has 0 unspecified atom stereocenters. The Kier molecular flexibility index (Phi) is 4.45. The normalized spacial score (nSPS) is 16.5. The molecule has 3 rings (SSSR count). The number of H-pyrrole nitrogens is 2. The van der Waals surface area contributed by atoms with Crippen molar-refractivity contribution < 1.29 is 9.66 Å². The zero-order chi connectivity index (χ0) is 17.3. The van der Waals surface area contributed by atoms with Crippen molar-refractivity contribution >= 4 is 16.7 Å². The van der Waals surface area contributed by atoms with E-state index in [1.54, 1.807) is 7.11 Å². The average molecular weight is 334 g/mol. The smallest absolute Gasteiger partial charge is 0.314 e. The molecule has 24 heavy (non-hydrogen) atoms. The average Bonchev–Trinajstić information content (AvgIpc) is 2.57. The van der Waals surface area contributed by atoms with Crippen molar-refractivity contribution in [1.29, 1.82) is 0 Å². The van der Waals surface area contributed by atoms with Crippen molar-refractivity contribution in [3.63, 3.8) is 0 Å². The van der Waals surface area contributed by atoms with Gasteiger partial charge < -0.3 is 14.7 Å². The molecule has 9 heteroatoms. The Morgan fingerprint density at radius 1 is 1.25 bits per heavy atom. The van der Waals surface area contributed by atoms with Gasteiger partial charge in [0.05, 0.1) is 22.1 Å². The highest BCUT2D eigenvalue weighted by molar-refractivity contribution is 5.80. The maximum absolute atomic E-state index is 11.6. The summed E-state index contributed by atoms with van der Waals surface area (Å²) in [5.74, 6) is 0. The van der Waals surface area contributed by atoms with Crippen LogP contribution in [0.4, 0.5) is 5.69 Å². The van der Waals surface area contributed by atoms with Crippen LogP contribution in [0.25, 0.3) is 11.0 Å². The van der Waals surface area contributed by atoms with Gasteiger partial charge in [0.1, 0.15) is 0 Å². The second kappa shape index (κ2) is 6.54. The van der Waals surface area contributed by atoms with Gasteiger partial charge >= 0.3 is 11.1 Å². The first kappa shape index (κ1) is 16.3. The molecule has 9 nitrogen and oxygen atoms in total. The lowest BCUT2D eigenvalue weighted by molar-refractivity contribution is -0.384. The van der Waals surface area contributed by atoms with Crippen molar-refractivity contribution in [2.45, 2.75) is 25.5 Å². The van der Waals surface area contributed by atoms with Crippen molar-refractivity contribution in [2.24, 2.45) is 0 Å². The minimum atomic E-state index is -0.824. The van der Waals surface area contributed by atoms with E-state index in [9.17, 15) is 19.7 Å². The maximum atomic E-state index is 11.6. The Morgan fingerprint density at radius 3 is 2.54 bits per heavy atom. The van der Waals surface area contributed by atoms with Gasteiger partial charge in [-0.25, -0.2) is 0 Å². The van der Waals surface area contributed by atoms with Gasteiger partial charge in [0.25, 0.3) is 5.69 Å². The lowest BCUT2D eigenvalue weighted by Gasteiger charge is -2.31. The summed E-state index contributed by atoms with van der Waals surface area (Å²) in [6, 6.07) is 2.70. The predicted molar refractivity (Wildman–Crippen MR) is 87.2 cm³/mol. The third kappa shape index (κ3) is 3.22. The minimum Gasteiger partial charge on any atom is -0.381 e. The molecule has 2 aromatic rings. The first-order valence-electron chi connectivity index (χ1n) is 7.66. The van der Waals surface area contributed by atoms with Crippen LogP contribution in [0.5, 0.6) is 0 Å². The molecule has 0 bridgehead atoms. The van der Waals surface area contributed by atoms with E-state index in [-0.39, 0.29) is 17.3 Å². The number of nitro groups is 1. The Morgan fingerprint density at radius 2 is 1.92 bits per heavy atom. The number of methoxy groups -OCH3 is 1. The molecule has 1 fully saturated rings. The highest BCUT2D eigenvalue weighted by Crippen LogP contribution is 2.24. The van der Waals surface area contributed by atoms with Crippen LogP contribution in [-0.2, 0) is 11.3 Å². The van der Waals surface area contributed by atoms with Gasteiger partial charge in [-0.05, 0) is 18.4 Å². The molecular formula is C15H18N4O5. The molecule has 1 aromatic heterocycles. The quantitative estimate of drug-likeness (QED) is 0.483. The molecule has 0 amide bonds. The summed E-state index contributed by atoms with van der Waals surface area (Å²) < 4.78 is 5.34. The highest BCUT2D eigenvalue weighted by Gasteiger charge is 2.21. The molecular weight excluding hydrogens is 316 g/mol. The number of aromatic amines is 2. The molecule has 1 saturated heterocycles. The van der Waals surface area contributed by atoms with E-state index in [1.165, 1.54) is 12.1 Å². The van der Waals surface area contributed by atoms with Crippen molar-refractivity contribution in [3.8, 4) is 0 Å². The third-order valence-corrected chi connectivity index (χ3v) is 4.37. The standard InChI is InChI=1S/C15H18N4O5/c1-24-11-2-4-18(5-3-11)8-9-6-10(19(22)23)7-12-13(9)17-15(21)14(20)16-12/h6-7,11H,2-5,8H2,1H3,(H,16,20)(H,17,21). The van der Waals surface area contributed by atoms with Crippen LogP contribution in [0.15, 0.2) is 21.7 Å². The summed E-state index contributed by atoms with van der Waals surface area (Å²) >= 11 is 0. The first-order chi connectivity index (χ1) is 11.5. The Hall–Kier alpha value is -2.52. The second-order valence-corrected chi connectivity index (χ2v) is 5.90. The summed E-state index contributed by atoms with van der Waals surface area (Å²) in [4.78, 5) is 40.8. The summed E-state index contributed by atoms with van der Waals surface area (Å²) in [6.07, 6.45) is 2.01. The fourth-order valence-corrected chi connectivity index (χ4v) is 3.06. The van der Waals surface area contributed by atoms with Crippen LogP contribution in [0, 0.1) is 10.1 Å². The van der Waals surface area contributed by atoms with E-state index in [0.29, 0.717) is 17.6 Å². The molecule has 2 heterocycles. The maximum Gasteiger partial charge on any atom is 0.314 e. The third-order valence-electron chi connectivity index (χ3n) is 4.37. The van der Waals surface area contributed by atoms with E-state index in [1.807, 2.05) is 0 Å². The Labute approximate surface area is 136 Å². The summed E-state index contributed by atoms with van der Waals surface area (Å²) in [7, 11) is 1.69. The molecule has 1 aliphatic heterocycles. The number of nitrogens with zero attached hydrogens (tertiary/aromatic N) is 2. The van der Waals surface area contributed by atoms with E-state index in [4.69, 9.17) is 4.74 Å². The number of hydrogen-bond acceptors (Lipinski definition) is 6. The summed E-state index contributed by atoms with van der Waals surface area (Å²) in [5.41, 5.74) is -0.407. The molecule has 0 saturated carbocycles. The molecule has 1 aliphatic rings. The largest absolute Gasteiger partial charge is 0.381 e. The Bertz CT molecular complexity index is 880. The zero-order valence-electron chi connectivity index (χ0n) is 13.2. The first-order valence-corrected chi connectivity index (χ1v) is 7.66. The zero-order valence-corrected chi connectivity index (χ0v) is 13.2. The number of piperidine rings is 1. The van der Waals surface area contributed by atoms with Gasteiger partial charge in [0.2, 0.25) is 0 Å². The van der Waals surface area contributed by atoms with Crippen molar-refractivity contribution in [2.75, 3.05) is 20.2 Å². The van der Waals surface area contributed by atoms with Gasteiger partial charge in [-0.3, -0.25) is 24.6 Å². The van der Waals surface area contributed by atoms with E-state index in [2.05, 4.69) is 14.9 Å². The van der Waals surface area contributed by atoms with Crippen LogP contribution in [0.1, 0.15) is 18.4 Å². The number of nitrogens with one attached hydrogen (secondary N) is 2. The van der Waals surface area contributed by atoms with Crippen LogP contribution in [-0.4, -0.2) is 46.1 Å². The topological polar surface area (TPSA) is 121 Å². The lowest BCUT2D eigenvalue weighted by atomic mass is 10.1. The van der Waals surface area contributed by atoms with Gasteiger partial charge in [-0.2, -0.15) is 0 Å². The number of aromatic nitrogens is 2. The number of benzene rings is 1. The Balaban J connectivity index is 1.99. The minimum absolute atomic E-state index is 0.119. The van der Waals surface area contributed by atoms with E-state index in [0.717, 1.165) is 25.9 Å². The number of rotatable bonds is 4. The van der Waals surface area contributed by atoms with Gasteiger partial charge in [0.15, 0.2) is 0 Å². The fourth-order valence-electron chi connectivity index (χ4n) is 3.06. The lowest BCUT2D eigenvalue weighted by Crippen LogP contribution is -2.36. The summed E-state index contributed by atoms with van der Waals surface area (Å²) in [6.45, 7) is 2.06. The number of non-ortho nitro benzene ring substituents is 1. The fraction of sp³-hybridized carbons (Fsp3) is 0.467. The number of likely N-dealkylation sites (tertiary alicyclic amines) is 1. The predicted octanol–water partition coefficient (Wildman–Crippen LogP) is 0.735. The van der Waals surface area contributed by atoms with Gasteiger partial charge in [-0.1, -0.05) is 0 Å². The number of hydrogen-bond donors (Lipinski definition) is 2. The number of fused-ring (bicyclic) bond motifs is 1. The second-order valence-electron chi connectivity index (χ2n) is 5.90. The molecule has 2 N–H and O–H groups in total. The molecule has 0 spiro atoms. The van der Waals surface area contributed by atoms with Crippen LogP contribution >= 0.6 is 0 Å². The summed E-state index contributed by atoms with van der Waals surface area (Å²) in [5, 5.41) is 11.1. The highest BCUT2D eigenvalue weighted by atomic mass is 16.6.